The number of nitrogens with zero attached hydrogens (tertiary/aromatic N) is 1. The maximum Gasteiger partial charge on any atom is 0.417 e. The molecule has 2 N–H and O–H groups in total. The highest BCUT2D eigenvalue weighted by molar-refractivity contribution is 5.96. The summed E-state index contributed by atoms with van der Waals surface area (Å²) in [5.41, 5.74) is 4.52. The van der Waals surface area contributed by atoms with Crippen LogP contribution in [-0.4, -0.2) is 29.9 Å². The van der Waals surface area contributed by atoms with E-state index in [-0.39, 0.29) is 18.2 Å². The van der Waals surface area contributed by atoms with Crippen LogP contribution in [0.3, 0.4) is 0 Å². The van der Waals surface area contributed by atoms with E-state index < -0.39 is 17.6 Å². The molecule has 2 rings (SSSR count). The molecule has 116 valence electrons. The summed E-state index contributed by atoms with van der Waals surface area (Å²) in [6.07, 6.45) is -1.06. The second-order valence-electron chi connectivity index (χ2n) is 5.28. The Bertz CT molecular complexity index is 502. The number of amides is 1. The molecule has 0 saturated carbocycles. The summed E-state index contributed by atoms with van der Waals surface area (Å²) >= 11 is 0. The summed E-state index contributed by atoms with van der Waals surface area (Å²) in [6, 6.07) is 4.76. The number of likely N-dealkylation sites (tertiary alicyclic amines) is 1. The molecule has 0 bridgehead atoms. The molecule has 1 aliphatic rings. The van der Waals surface area contributed by atoms with E-state index in [2.05, 4.69) is 0 Å². The minimum absolute atomic E-state index is 0.179. The second-order valence-corrected chi connectivity index (χ2v) is 5.28. The Kier molecular flexibility index (Phi) is 4.88. The highest BCUT2D eigenvalue weighted by atomic mass is 19.4. The fourth-order valence-corrected chi connectivity index (χ4v) is 2.76. The lowest BCUT2D eigenvalue weighted by molar-refractivity contribution is -0.138. The van der Waals surface area contributed by atoms with Gasteiger partial charge in [-0.05, 0) is 25.0 Å². The first kappa shape index (κ1) is 15.8. The standard InChI is InChI=1S/C15H19F3N2O/c16-15(17,18)13-8-4-3-7-12(13)14(21)20-9-5-1-2-6-11(20)10-19/h3-4,7-8,11H,1-2,5-6,9-10,19H2. The highest BCUT2D eigenvalue weighted by Crippen LogP contribution is 2.33. The predicted molar refractivity (Wildman–Crippen MR) is 73.8 cm³/mol. The van der Waals surface area contributed by atoms with Gasteiger partial charge in [-0.15, -0.1) is 0 Å². The summed E-state index contributed by atoms with van der Waals surface area (Å²) in [7, 11) is 0. The van der Waals surface area contributed by atoms with Crippen molar-refractivity contribution in [3.05, 3.63) is 35.4 Å². The molecule has 6 heteroatoms. The molecule has 1 aliphatic heterocycles. The predicted octanol–water partition coefficient (Wildman–Crippen LogP) is 3.05. The largest absolute Gasteiger partial charge is 0.417 e. The quantitative estimate of drug-likeness (QED) is 0.912. The van der Waals surface area contributed by atoms with Crippen LogP contribution in [-0.2, 0) is 6.18 Å². The van der Waals surface area contributed by atoms with Gasteiger partial charge in [0.1, 0.15) is 0 Å². The van der Waals surface area contributed by atoms with Gasteiger partial charge in [0.05, 0.1) is 11.1 Å². The zero-order valence-electron chi connectivity index (χ0n) is 11.7. The van der Waals surface area contributed by atoms with Gasteiger partial charge in [-0.25, -0.2) is 0 Å². The number of rotatable bonds is 2. The lowest BCUT2D eigenvalue weighted by Crippen LogP contribution is -2.44. The maximum atomic E-state index is 13.0. The third-order valence-electron chi connectivity index (χ3n) is 3.87. The second kappa shape index (κ2) is 6.47. The minimum atomic E-state index is -4.53. The van der Waals surface area contributed by atoms with Gasteiger partial charge in [0, 0.05) is 19.1 Å². The molecule has 0 radical (unpaired) electrons. The van der Waals surface area contributed by atoms with E-state index >= 15 is 0 Å². The topological polar surface area (TPSA) is 46.3 Å². The zero-order valence-corrected chi connectivity index (χ0v) is 11.7. The third kappa shape index (κ3) is 3.56. The van der Waals surface area contributed by atoms with Gasteiger partial charge >= 0.3 is 6.18 Å². The van der Waals surface area contributed by atoms with Gasteiger partial charge in [-0.3, -0.25) is 4.79 Å². The van der Waals surface area contributed by atoms with Crippen molar-refractivity contribution >= 4 is 5.91 Å². The van der Waals surface area contributed by atoms with Gasteiger partial charge < -0.3 is 10.6 Å². The summed E-state index contributed by atoms with van der Waals surface area (Å²) in [6.45, 7) is 0.743. The number of carbonyl (C=O) groups is 1. The van der Waals surface area contributed by atoms with Crippen molar-refractivity contribution in [2.75, 3.05) is 13.1 Å². The third-order valence-corrected chi connectivity index (χ3v) is 3.87. The van der Waals surface area contributed by atoms with Crippen molar-refractivity contribution in [2.45, 2.75) is 37.9 Å². The van der Waals surface area contributed by atoms with E-state index in [4.69, 9.17) is 5.73 Å². The van der Waals surface area contributed by atoms with Crippen molar-refractivity contribution in [1.82, 2.24) is 4.90 Å². The first-order chi connectivity index (χ1) is 9.95. The van der Waals surface area contributed by atoms with Crippen LogP contribution in [0.1, 0.15) is 41.6 Å². The van der Waals surface area contributed by atoms with Crippen molar-refractivity contribution in [3.8, 4) is 0 Å². The van der Waals surface area contributed by atoms with E-state index in [1.807, 2.05) is 0 Å². The lowest BCUT2D eigenvalue weighted by Gasteiger charge is -2.30. The first-order valence-electron chi connectivity index (χ1n) is 7.12. The summed E-state index contributed by atoms with van der Waals surface area (Å²) < 4.78 is 39.1. The Hall–Kier alpha value is -1.56. The fraction of sp³-hybridized carbons (Fsp3) is 0.533. The van der Waals surface area contributed by atoms with Crippen LogP contribution in [0.5, 0.6) is 0 Å². The number of hydrogen-bond donors (Lipinski definition) is 1. The summed E-state index contributed by atoms with van der Waals surface area (Å²) in [4.78, 5) is 14.1. The first-order valence-corrected chi connectivity index (χ1v) is 7.12. The fourth-order valence-electron chi connectivity index (χ4n) is 2.76. The van der Waals surface area contributed by atoms with Crippen molar-refractivity contribution in [2.24, 2.45) is 5.73 Å². The minimum Gasteiger partial charge on any atom is -0.334 e. The Labute approximate surface area is 121 Å². The number of hydrogen-bond acceptors (Lipinski definition) is 2. The van der Waals surface area contributed by atoms with E-state index in [1.54, 1.807) is 0 Å². The molecule has 1 fully saturated rings. The van der Waals surface area contributed by atoms with Crippen LogP contribution in [0.4, 0.5) is 13.2 Å². The maximum absolute atomic E-state index is 13.0. The van der Waals surface area contributed by atoms with Gasteiger partial charge in [0.2, 0.25) is 0 Å². The van der Waals surface area contributed by atoms with Gasteiger partial charge in [0.15, 0.2) is 0 Å². The normalized spacial score (nSPS) is 20.2. The van der Waals surface area contributed by atoms with Crippen molar-refractivity contribution < 1.29 is 18.0 Å². The van der Waals surface area contributed by atoms with Crippen LogP contribution in [0.25, 0.3) is 0 Å². The van der Waals surface area contributed by atoms with Crippen LogP contribution in [0.2, 0.25) is 0 Å². The number of carbonyl (C=O) groups excluding carboxylic acids is 1. The average Bonchev–Trinajstić information content (AvgIpc) is 2.70. The molecule has 1 aromatic rings. The highest BCUT2D eigenvalue weighted by Gasteiger charge is 2.37. The van der Waals surface area contributed by atoms with Crippen molar-refractivity contribution in [3.63, 3.8) is 0 Å². The van der Waals surface area contributed by atoms with Crippen LogP contribution in [0, 0.1) is 0 Å². The number of halogens is 3. The lowest BCUT2D eigenvalue weighted by atomic mass is 10.0. The molecule has 0 aromatic heterocycles. The Morgan fingerprint density at radius 2 is 1.95 bits per heavy atom. The molecular formula is C15H19F3N2O. The molecule has 1 amide bonds. The summed E-state index contributed by atoms with van der Waals surface area (Å²) in [5.74, 6) is -0.569. The molecule has 1 saturated heterocycles. The van der Waals surface area contributed by atoms with Crippen molar-refractivity contribution in [1.29, 1.82) is 0 Å². The summed E-state index contributed by atoms with van der Waals surface area (Å²) in [5, 5.41) is 0. The Morgan fingerprint density at radius 1 is 1.24 bits per heavy atom. The zero-order chi connectivity index (χ0) is 15.5. The molecule has 3 nitrogen and oxygen atoms in total. The van der Waals surface area contributed by atoms with E-state index in [1.165, 1.54) is 23.1 Å². The molecular weight excluding hydrogens is 281 g/mol. The van der Waals surface area contributed by atoms with E-state index in [9.17, 15) is 18.0 Å². The monoisotopic (exact) mass is 300 g/mol. The number of alkyl halides is 3. The van der Waals surface area contributed by atoms with Crippen LogP contribution in [0.15, 0.2) is 24.3 Å². The SMILES string of the molecule is NCC1CCCCCN1C(=O)c1ccccc1C(F)(F)F. The van der Waals surface area contributed by atoms with E-state index in [0.717, 1.165) is 31.7 Å². The Balaban J connectivity index is 2.34. The Morgan fingerprint density at radius 3 is 2.62 bits per heavy atom. The molecule has 1 unspecified atom stereocenters. The molecule has 1 atom stereocenters. The van der Waals surface area contributed by atoms with Gasteiger partial charge in [0.25, 0.3) is 5.91 Å². The van der Waals surface area contributed by atoms with Gasteiger partial charge in [-0.1, -0.05) is 25.0 Å². The molecule has 1 aromatic carbocycles. The number of nitrogens with two attached hydrogens (primary N) is 1. The average molecular weight is 300 g/mol. The smallest absolute Gasteiger partial charge is 0.334 e. The molecule has 1 heterocycles. The van der Waals surface area contributed by atoms with Gasteiger partial charge in [-0.2, -0.15) is 13.2 Å². The molecule has 0 aliphatic carbocycles. The van der Waals surface area contributed by atoms with Crippen LogP contribution < -0.4 is 5.73 Å². The molecule has 0 spiro atoms. The molecule has 21 heavy (non-hydrogen) atoms. The van der Waals surface area contributed by atoms with Crippen LogP contribution >= 0.6 is 0 Å². The van der Waals surface area contributed by atoms with E-state index in [0.29, 0.717) is 6.54 Å². The number of benzene rings is 1.